The van der Waals surface area contributed by atoms with Crippen molar-refractivity contribution in [3.05, 3.63) is 12.7 Å². The van der Waals surface area contributed by atoms with Crippen molar-refractivity contribution < 1.29 is 4.79 Å². The zero-order chi connectivity index (χ0) is 6.57. The van der Waals surface area contributed by atoms with E-state index in [4.69, 9.17) is 5.73 Å². The highest BCUT2D eigenvalue weighted by Gasteiger charge is 1.94. The first kappa shape index (κ1) is 7.23. The molecule has 2 amide bonds. The molecule has 8 heavy (non-hydrogen) atoms. The topological polar surface area (TPSA) is 55.1 Å². The summed E-state index contributed by atoms with van der Waals surface area (Å²) in [7, 11) is 0.858. The van der Waals surface area contributed by atoms with Gasteiger partial charge in [0.2, 0.25) is 0 Å². The molecule has 3 N–H and O–H groups in total. The Morgan fingerprint density at radius 2 is 2.50 bits per heavy atom. The van der Waals surface area contributed by atoms with Crippen LogP contribution in [0.3, 0.4) is 0 Å². The molecule has 0 radical (unpaired) electrons. The van der Waals surface area contributed by atoms with Crippen LogP contribution >= 0.6 is 0 Å². The molecule has 0 saturated heterocycles. The zero-order valence-corrected chi connectivity index (χ0v) is 6.85. The van der Waals surface area contributed by atoms with Crippen molar-refractivity contribution in [3.8, 4) is 0 Å². The molecule has 0 bridgehead atoms. The van der Waals surface area contributed by atoms with Gasteiger partial charge in [-0.15, -0.1) is 6.58 Å². The van der Waals surface area contributed by atoms with Crippen molar-refractivity contribution in [1.82, 2.24) is 5.32 Å². The predicted octanol–water partition coefficient (Wildman–Crippen LogP) is -1.47. The lowest BCUT2D eigenvalue weighted by molar-refractivity contribution is 0.249. The van der Waals surface area contributed by atoms with Gasteiger partial charge >= 0.3 is 6.03 Å². The van der Waals surface area contributed by atoms with Crippen LogP contribution < -0.4 is 11.1 Å². The summed E-state index contributed by atoms with van der Waals surface area (Å²) in [5.74, 6) is 0. The molecular formula is C4H10N2OSi. The van der Waals surface area contributed by atoms with E-state index in [-0.39, 0.29) is 5.67 Å². The summed E-state index contributed by atoms with van der Waals surface area (Å²) in [6.07, 6.45) is 1.66. The van der Waals surface area contributed by atoms with Gasteiger partial charge < -0.3 is 11.1 Å². The molecule has 3 nitrogen and oxygen atoms in total. The third-order valence-electron chi connectivity index (χ3n) is 0.723. The minimum absolute atomic E-state index is 0.104. The van der Waals surface area contributed by atoms with Crippen LogP contribution in [0.5, 0.6) is 0 Å². The third-order valence-corrected chi connectivity index (χ3v) is 1.48. The second kappa shape index (κ2) is 3.26. The molecule has 0 heterocycles. The molecule has 0 aromatic carbocycles. The van der Waals surface area contributed by atoms with Gasteiger partial charge in [-0.3, -0.25) is 0 Å². The van der Waals surface area contributed by atoms with Crippen LogP contribution in [0.15, 0.2) is 12.7 Å². The molecule has 1 unspecified atom stereocenters. The lowest BCUT2D eigenvalue weighted by Gasteiger charge is -2.03. The highest BCUT2D eigenvalue weighted by molar-refractivity contribution is 6.14. The molecule has 0 aliphatic heterocycles. The van der Waals surface area contributed by atoms with Gasteiger partial charge in [-0.25, -0.2) is 4.79 Å². The van der Waals surface area contributed by atoms with E-state index in [0.717, 1.165) is 10.2 Å². The van der Waals surface area contributed by atoms with Crippen LogP contribution in [0.25, 0.3) is 0 Å². The Morgan fingerprint density at radius 1 is 2.00 bits per heavy atom. The lowest BCUT2D eigenvalue weighted by Crippen LogP contribution is -2.37. The largest absolute Gasteiger partial charge is 0.352 e. The smallest absolute Gasteiger partial charge is 0.312 e. The number of nitrogens with two attached hydrogens (primary N) is 1. The fourth-order valence-electron chi connectivity index (χ4n) is 0.283. The number of hydrogen-bond donors (Lipinski definition) is 2. The van der Waals surface area contributed by atoms with Gasteiger partial charge in [0.25, 0.3) is 0 Å². The molecule has 0 fully saturated rings. The number of hydrogen-bond acceptors (Lipinski definition) is 1. The maximum absolute atomic E-state index is 10.1. The molecule has 0 spiro atoms. The molecule has 4 heteroatoms. The minimum atomic E-state index is -0.482. The SMILES string of the molecule is C=CC([SiH3])NC(N)=O. The van der Waals surface area contributed by atoms with E-state index in [1.54, 1.807) is 6.08 Å². The quantitative estimate of drug-likeness (QED) is 0.348. The maximum Gasteiger partial charge on any atom is 0.312 e. The Balaban J connectivity index is 3.38. The van der Waals surface area contributed by atoms with Crippen LogP contribution in [0.2, 0.25) is 0 Å². The first-order valence-corrected chi connectivity index (χ1v) is 3.51. The normalized spacial score (nSPS) is 12.5. The molecule has 0 aliphatic carbocycles. The van der Waals surface area contributed by atoms with Crippen LogP contribution in [0, 0.1) is 0 Å². The second-order valence-corrected chi connectivity index (χ2v) is 2.78. The number of rotatable bonds is 2. The molecule has 0 rings (SSSR count). The Labute approximate surface area is 51.4 Å². The summed E-state index contributed by atoms with van der Waals surface area (Å²) in [6.45, 7) is 3.48. The number of carbonyl (C=O) groups excluding carboxylic acids is 1. The van der Waals surface area contributed by atoms with Crippen molar-refractivity contribution in [1.29, 1.82) is 0 Å². The van der Waals surface area contributed by atoms with Gasteiger partial charge in [0.15, 0.2) is 0 Å². The van der Waals surface area contributed by atoms with Gasteiger partial charge in [0.1, 0.15) is 0 Å². The van der Waals surface area contributed by atoms with Gasteiger partial charge in [-0.2, -0.15) is 0 Å². The summed E-state index contributed by atoms with van der Waals surface area (Å²) < 4.78 is 0. The van der Waals surface area contributed by atoms with Crippen molar-refractivity contribution in [2.24, 2.45) is 5.73 Å². The fourth-order valence-corrected chi connectivity index (χ4v) is 0.568. The summed E-state index contributed by atoms with van der Waals surface area (Å²) in [6, 6.07) is -0.482. The Hall–Kier alpha value is -0.773. The molecular weight excluding hydrogens is 120 g/mol. The van der Waals surface area contributed by atoms with E-state index in [1.807, 2.05) is 0 Å². The molecule has 1 atom stereocenters. The van der Waals surface area contributed by atoms with Gasteiger partial charge in [-0.05, 0) is 0 Å². The monoisotopic (exact) mass is 130 g/mol. The van der Waals surface area contributed by atoms with Crippen LogP contribution in [-0.2, 0) is 0 Å². The van der Waals surface area contributed by atoms with Crippen molar-refractivity contribution in [2.75, 3.05) is 0 Å². The minimum Gasteiger partial charge on any atom is -0.352 e. The number of amides is 2. The van der Waals surface area contributed by atoms with Gasteiger partial charge in [-0.1, -0.05) is 6.08 Å². The first-order chi connectivity index (χ1) is 3.66. The molecule has 46 valence electrons. The van der Waals surface area contributed by atoms with E-state index < -0.39 is 6.03 Å². The average molecular weight is 130 g/mol. The molecule has 0 aromatic rings. The summed E-state index contributed by atoms with van der Waals surface area (Å²) >= 11 is 0. The Bertz CT molecular complexity index is 104. The molecule has 0 aliphatic rings. The summed E-state index contributed by atoms with van der Waals surface area (Å²) in [5, 5.41) is 2.47. The number of carbonyl (C=O) groups is 1. The average Bonchev–Trinajstić information content (AvgIpc) is 1.65. The molecule has 0 aromatic heterocycles. The Kier molecular flexibility index (Phi) is 2.94. The third kappa shape index (κ3) is 3.42. The van der Waals surface area contributed by atoms with Crippen molar-refractivity contribution in [2.45, 2.75) is 5.67 Å². The fraction of sp³-hybridized carbons (Fsp3) is 0.250. The number of primary amides is 1. The zero-order valence-electron chi connectivity index (χ0n) is 4.85. The van der Waals surface area contributed by atoms with Gasteiger partial charge in [0, 0.05) is 15.9 Å². The van der Waals surface area contributed by atoms with E-state index in [2.05, 4.69) is 11.9 Å². The van der Waals surface area contributed by atoms with E-state index in [9.17, 15) is 4.79 Å². The van der Waals surface area contributed by atoms with E-state index >= 15 is 0 Å². The number of nitrogens with one attached hydrogen (secondary N) is 1. The van der Waals surface area contributed by atoms with Crippen molar-refractivity contribution in [3.63, 3.8) is 0 Å². The van der Waals surface area contributed by atoms with Gasteiger partial charge in [0.05, 0.1) is 0 Å². The van der Waals surface area contributed by atoms with E-state index in [0.29, 0.717) is 0 Å². The van der Waals surface area contributed by atoms with Crippen LogP contribution in [0.4, 0.5) is 4.79 Å². The highest BCUT2D eigenvalue weighted by atomic mass is 28.1. The van der Waals surface area contributed by atoms with Crippen LogP contribution in [0.1, 0.15) is 0 Å². The summed E-state index contributed by atoms with van der Waals surface area (Å²) in [4.78, 5) is 10.1. The molecule has 0 saturated carbocycles. The maximum atomic E-state index is 10.1. The van der Waals surface area contributed by atoms with Crippen molar-refractivity contribution >= 4 is 16.3 Å². The second-order valence-electron chi connectivity index (χ2n) is 1.53. The Morgan fingerprint density at radius 3 is 2.62 bits per heavy atom. The standard InChI is InChI=1S/C4H10N2OSi/c1-2-3(8)6-4(5)7/h2-3H,1H2,8H3,(H3,5,6,7). The predicted molar refractivity (Wildman–Crippen MR) is 36.6 cm³/mol. The van der Waals surface area contributed by atoms with E-state index in [1.165, 1.54) is 0 Å². The summed E-state index contributed by atoms with van der Waals surface area (Å²) in [5.41, 5.74) is 4.90. The first-order valence-electron chi connectivity index (χ1n) is 2.35. The number of urea groups is 1. The lowest BCUT2D eigenvalue weighted by atomic mass is 10.6. The highest BCUT2D eigenvalue weighted by Crippen LogP contribution is 1.71. The van der Waals surface area contributed by atoms with Crippen LogP contribution in [-0.4, -0.2) is 21.9 Å².